The van der Waals surface area contributed by atoms with E-state index in [1.165, 1.54) is 24.3 Å². The predicted molar refractivity (Wildman–Crippen MR) is 139 cm³/mol. The number of benzene rings is 2. The van der Waals surface area contributed by atoms with Gasteiger partial charge in [-0.05, 0) is 49.1 Å². The Morgan fingerprint density at radius 2 is 1.71 bits per heavy atom. The van der Waals surface area contributed by atoms with Crippen LogP contribution in [0, 0.1) is 5.92 Å². The fourth-order valence-electron chi connectivity index (χ4n) is 4.37. The minimum atomic E-state index is -4.74. The van der Waals surface area contributed by atoms with E-state index >= 15 is 0 Å². The van der Waals surface area contributed by atoms with Gasteiger partial charge in [0.1, 0.15) is 5.75 Å². The molecule has 0 spiro atoms. The quantitative estimate of drug-likeness (QED) is 0.386. The lowest BCUT2D eigenvalue weighted by Crippen LogP contribution is -2.45. The minimum Gasteiger partial charge on any atom is -0.406 e. The highest BCUT2D eigenvalue weighted by Gasteiger charge is 2.31. The van der Waals surface area contributed by atoms with Gasteiger partial charge in [0.15, 0.2) is 0 Å². The van der Waals surface area contributed by atoms with E-state index in [9.17, 15) is 22.8 Å². The molecule has 0 bridgehead atoms. The van der Waals surface area contributed by atoms with Gasteiger partial charge in [-0.2, -0.15) is 0 Å². The average Bonchev–Trinajstić information content (AvgIpc) is 2.90. The average molecular weight is 536 g/mol. The molecule has 38 heavy (non-hydrogen) atoms. The smallest absolute Gasteiger partial charge is 0.406 e. The van der Waals surface area contributed by atoms with Gasteiger partial charge in [0, 0.05) is 43.7 Å². The van der Waals surface area contributed by atoms with Crippen LogP contribution in [0.3, 0.4) is 0 Å². The summed E-state index contributed by atoms with van der Waals surface area (Å²) in [4.78, 5) is 28.1. The van der Waals surface area contributed by atoms with Crippen molar-refractivity contribution in [3.63, 3.8) is 0 Å². The number of amides is 2. The summed E-state index contributed by atoms with van der Waals surface area (Å²) in [5, 5.41) is 6.28. The van der Waals surface area contributed by atoms with E-state index in [1.54, 1.807) is 4.90 Å². The van der Waals surface area contributed by atoms with E-state index in [2.05, 4.69) is 15.4 Å². The van der Waals surface area contributed by atoms with E-state index in [-0.39, 0.29) is 30.0 Å². The van der Waals surface area contributed by atoms with Crippen LogP contribution in [0.15, 0.2) is 54.6 Å². The molecule has 208 valence electrons. The number of morpholine rings is 1. The van der Waals surface area contributed by atoms with Crippen molar-refractivity contribution >= 4 is 17.5 Å². The van der Waals surface area contributed by atoms with Gasteiger partial charge in [0.25, 0.3) is 0 Å². The number of nitrogens with one attached hydrogen (secondary N) is 2. The number of ether oxygens (including phenoxy) is 2. The van der Waals surface area contributed by atoms with Crippen molar-refractivity contribution in [3.05, 3.63) is 60.2 Å². The standard InChI is InChI=1S/C28H36F3N3O4/c1-2-6-24(20-32-23-11-13-25(14-12-23)38-28(29,30)31)33-27(36)22(10-9-21-7-4-3-5-8-21)19-26(35)34-15-17-37-18-16-34/h3-5,7-8,11-14,22,24,32H,2,6,9-10,15-20H2,1H3,(H,33,36). The number of anilines is 1. The molecule has 3 rings (SSSR count). The molecule has 2 unspecified atom stereocenters. The zero-order chi connectivity index (χ0) is 27.4. The number of hydrogen-bond acceptors (Lipinski definition) is 5. The Balaban J connectivity index is 1.61. The topological polar surface area (TPSA) is 79.9 Å². The number of carbonyl (C=O) groups is 2. The Kier molecular flexibility index (Phi) is 11.3. The second kappa shape index (κ2) is 14.6. The highest BCUT2D eigenvalue weighted by Crippen LogP contribution is 2.24. The molecule has 0 saturated carbocycles. The van der Waals surface area contributed by atoms with Crippen molar-refractivity contribution in [3.8, 4) is 5.75 Å². The monoisotopic (exact) mass is 535 g/mol. The molecule has 1 saturated heterocycles. The first-order valence-electron chi connectivity index (χ1n) is 13.0. The van der Waals surface area contributed by atoms with E-state index in [1.807, 2.05) is 37.3 Å². The first-order valence-corrected chi connectivity index (χ1v) is 13.0. The summed E-state index contributed by atoms with van der Waals surface area (Å²) >= 11 is 0. The fourth-order valence-corrected chi connectivity index (χ4v) is 4.37. The molecule has 0 aliphatic carbocycles. The molecule has 2 aromatic carbocycles. The zero-order valence-electron chi connectivity index (χ0n) is 21.6. The lowest BCUT2D eigenvalue weighted by molar-refractivity contribution is -0.274. The van der Waals surface area contributed by atoms with Crippen LogP contribution in [0.1, 0.15) is 38.2 Å². The molecule has 2 aromatic rings. The van der Waals surface area contributed by atoms with E-state index in [0.717, 1.165) is 12.0 Å². The van der Waals surface area contributed by atoms with Gasteiger partial charge in [-0.3, -0.25) is 9.59 Å². The maximum Gasteiger partial charge on any atom is 0.573 e. The number of nitrogens with zero attached hydrogens (tertiary/aromatic N) is 1. The van der Waals surface area contributed by atoms with Crippen LogP contribution >= 0.6 is 0 Å². The second-order valence-corrected chi connectivity index (χ2v) is 9.37. The Morgan fingerprint density at radius 1 is 1.03 bits per heavy atom. The molecular weight excluding hydrogens is 499 g/mol. The number of alkyl halides is 3. The molecule has 1 fully saturated rings. The molecular formula is C28H36F3N3O4. The first kappa shape index (κ1) is 29.3. The van der Waals surface area contributed by atoms with Crippen molar-refractivity contribution in [2.75, 3.05) is 38.2 Å². The van der Waals surface area contributed by atoms with Crippen molar-refractivity contribution in [2.45, 2.75) is 51.4 Å². The Labute approximate surface area is 221 Å². The van der Waals surface area contributed by atoms with Gasteiger partial charge < -0.3 is 25.0 Å². The van der Waals surface area contributed by atoms with Gasteiger partial charge in [0.2, 0.25) is 11.8 Å². The third kappa shape index (κ3) is 10.2. The predicted octanol–water partition coefficient (Wildman–Crippen LogP) is 4.78. The first-order chi connectivity index (χ1) is 18.2. The summed E-state index contributed by atoms with van der Waals surface area (Å²) in [6, 6.07) is 15.1. The van der Waals surface area contributed by atoms with Crippen molar-refractivity contribution < 1.29 is 32.2 Å². The SMILES string of the molecule is CCCC(CNc1ccc(OC(F)(F)F)cc1)NC(=O)C(CCc1ccccc1)CC(=O)N1CCOCC1. The van der Waals surface area contributed by atoms with Gasteiger partial charge in [0.05, 0.1) is 13.2 Å². The summed E-state index contributed by atoms with van der Waals surface area (Å²) < 4.78 is 46.4. The Hall–Kier alpha value is -3.27. The van der Waals surface area contributed by atoms with E-state index in [4.69, 9.17) is 4.74 Å². The lowest BCUT2D eigenvalue weighted by atomic mass is 9.94. The van der Waals surface area contributed by atoms with Crippen molar-refractivity contribution in [2.24, 2.45) is 5.92 Å². The molecule has 2 atom stereocenters. The second-order valence-electron chi connectivity index (χ2n) is 9.37. The van der Waals surface area contributed by atoms with Crippen LogP contribution in [-0.2, 0) is 20.7 Å². The van der Waals surface area contributed by atoms with E-state index in [0.29, 0.717) is 57.8 Å². The van der Waals surface area contributed by atoms with Crippen LogP contribution in [0.25, 0.3) is 0 Å². The summed E-state index contributed by atoms with van der Waals surface area (Å²) in [6.07, 6.45) is -1.86. The zero-order valence-corrected chi connectivity index (χ0v) is 21.6. The minimum absolute atomic E-state index is 0.0483. The highest BCUT2D eigenvalue weighted by atomic mass is 19.4. The fraction of sp³-hybridized carbons (Fsp3) is 0.500. The van der Waals surface area contributed by atoms with Gasteiger partial charge >= 0.3 is 6.36 Å². The molecule has 1 aliphatic rings. The number of aryl methyl sites for hydroxylation is 1. The lowest BCUT2D eigenvalue weighted by Gasteiger charge is -2.29. The van der Waals surface area contributed by atoms with Crippen molar-refractivity contribution in [1.82, 2.24) is 10.2 Å². The molecule has 0 aromatic heterocycles. The van der Waals surface area contributed by atoms with Crippen LogP contribution in [0.2, 0.25) is 0 Å². The van der Waals surface area contributed by atoms with Crippen LogP contribution in [0.4, 0.5) is 18.9 Å². The number of halogens is 3. The number of rotatable bonds is 13. The third-order valence-corrected chi connectivity index (χ3v) is 6.40. The molecule has 2 N–H and O–H groups in total. The Morgan fingerprint density at radius 3 is 2.34 bits per heavy atom. The summed E-state index contributed by atoms with van der Waals surface area (Å²) in [5.74, 6) is -0.999. The third-order valence-electron chi connectivity index (χ3n) is 6.40. The number of hydrogen-bond donors (Lipinski definition) is 2. The largest absolute Gasteiger partial charge is 0.573 e. The summed E-state index contributed by atoms with van der Waals surface area (Å²) in [6.45, 7) is 4.46. The summed E-state index contributed by atoms with van der Waals surface area (Å²) in [7, 11) is 0. The molecule has 0 radical (unpaired) electrons. The van der Waals surface area contributed by atoms with Crippen LogP contribution in [-0.4, -0.2) is 62.0 Å². The number of carbonyl (C=O) groups excluding carboxylic acids is 2. The highest BCUT2D eigenvalue weighted by molar-refractivity contribution is 5.86. The Bertz CT molecular complexity index is 997. The van der Waals surface area contributed by atoms with Gasteiger partial charge in [-0.15, -0.1) is 13.2 Å². The van der Waals surface area contributed by atoms with Crippen molar-refractivity contribution in [1.29, 1.82) is 0 Å². The maximum absolute atomic E-state index is 13.4. The summed E-state index contributed by atoms with van der Waals surface area (Å²) in [5.41, 5.74) is 1.71. The van der Waals surface area contributed by atoms with E-state index < -0.39 is 12.3 Å². The van der Waals surface area contributed by atoms with Crippen LogP contribution < -0.4 is 15.4 Å². The van der Waals surface area contributed by atoms with Gasteiger partial charge in [-0.25, -0.2) is 0 Å². The molecule has 2 amide bonds. The normalized spacial score (nSPS) is 15.4. The molecule has 1 heterocycles. The maximum atomic E-state index is 13.4. The molecule has 10 heteroatoms. The van der Waals surface area contributed by atoms with Gasteiger partial charge in [-0.1, -0.05) is 43.7 Å². The van der Waals surface area contributed by atoms with Crippen LogP contribution in [0.5, 0.6) is 5.75 Å². The molecule has 1 aliphatic heterocycles. The molecule has 7 nitrogen and oxygen atoms in total.